The van der Waals surface area contributed by atoms with Crippen LogP contribution in [-0.4, -0.2) is 34.4 Å². The van der Waals surface area contributed by atoms with Crippen molar-refractivity contribution < 1.29 is 4.79 Å². The van der Waals surface area contributed by atoms with Crippen molar-refractivity contribution in [3.8, 4) is 0 Å². The summed E-state index contributed by atoms with van der Waals surface area (Å²) in [6, 6.07) is 0.539. The SMILES string of the molecule is CC(C)Nc1nc(N)c(C(=O)N2CCCC(C)C2C)s1. The van der Waals surface area contributed by atoms with Gasteiger partial charge in [0, 0.05) is 18.6 Å². The van der Waals surface area contributed by atoms with Crippen LogP contribution < -0.4 is 11.1 Å². The zero-order valence-corrected chi connectivity index (χ0v) is 13.5. The Labute approximate surface area is 124 Å². The van der Waals surface area contributed by atoms with Gasteiger partial charge >= 0.3 is 0 Å². The molecule has 2 unspecified atom stereocenters. The number of hydrogen-bond acceptors (Lipinski definition) is 5. The van der Waals surface area contributed by atoms with E-state index in [2.05, 4.69) is 24.1 Å². The van der Waals surface area contributed by atoms with E-state index in [1.165, 1.54) is 17.8 Å². The van der Waals surface area contributed by atoms with Crippen molar-refractivity contribution in [1.29, 1.82) is 0 Å². The summed E-state index contributed by atoms with van der Waals surface area (Å²) in [6.07, 6.45) is 2.25. The number of hydrogen-bond donors (Lipinski definition) is 2. The number of rotatable bonds is 3. The van der Waals surface area contributed by atoms with Crippen molar-refractivity contribution >= 4 is 28.2 Å². The molecule has 112 valence electrons. The highest BCUT2D eigenvalue weighted by Gasteiger charge is 2.31. The molecule has 0 aromatic carbocycles. The highest BCUT2D eigenvalue weighted by Crippen LogP contribution is 2.30. The number of piperidine rings is 1. The molecule has 3 N–H and O–H groups in total. The van der Waals surface area contributed by atoms with E-state index in [9.17, 15) is 4.79 Å². The highest BCUT2D eigenvalue weighted by atomic mass is 32.1. The maximum atomic E-state index is 12.7. The van der Waals surface area contributed by atoms with Gasteiger partial charge in [0.1, 0.15) is 10.7 Å². The third-order valence-corrected chi connectivity index (χ3v) is 4.88. The molecule has 2 rings (SSSR count). The Balaban J connectivity index is 2.18. The lowest BCUT2D eigenvalue weighted by Gasteiger charge is -2.37. The molecule has 6 heteroatoms. The van der Waals surface area contributed by atoms with Crippen LogP contribution >= 0.6 is 11.3 Å². The van der Waals surface area contributed by atoms with Crippen LogP contribution in [0.1, 0.15) is 50.2 Å². The highest BCUT2D eigenvalue weighted by molar-refractivity contribution is 7.18. The summed E-state index contributed by atoms with van der Waals surface area (Å²) in [6.45, 7) is 9.20. The molecule has 1 aromatic rings. The fourth-order valence-electron chi connectivity index (χ4n) is 2.55. The molecule has 0 aliphatic carbocycles. The summed E-state index contributed by atoms with van der Waals surface area (Å²) in [5, 5.41) is 3.92. The van der Waals surface area contributed by atoms with E-state index in [0.717, 1.165) is 18.1 Å². The molecule has 20 heavy (non-hydrogen) atoms. The number of nitrogens with zero attached hydrogens (tertiary/aromatic N) is 2. The molecule has 1 aliphatic rings. The molecule has 0 radical (unpaired) electrons. The van der Waals surface area contributed by atoms with Crippen molar-refractivity contribution in [3.63, 3.8) is 0 Å². The first kappa shape index (κ1) is 15.1. The zero-order valence-electron chi connectivity index (χ0n) is 12.6. The number of aromatic nitrogens is 1. The van der Waals surface area contributed by atoms with Crippen LogP contribution in [0, 0.1) is 5.92 Å². The Bertz CT molecular complexity index is 486. The van der Waals surface area contributed by atoms with Gasteiger partial charge in [0.2, 0.25) is 0 Å². The molecule has 1 amide bonds. The molecule has 1 saturated heterocycles. The van der Waals surface area contributed by atoms with Gasteiger partial charge in [-0.1, -0.05) is 18.3 Å². The Kier molecular flexibility index (Phi) is 4.52. The summed E-state index contributed by atoms with van der Waals surface area (Å²) in [7, 11) is 0. The van der Waals surface area contributed by atoms with Gasteiger partial charge in [-0.25, -0.2) is 4.98 Å². The lowest BCUT2D eigenvalue weighted by atomic mass is 9.92. The van der Waals surface area contributed by atoms with Gasteiger partial charge in [-0.15, -0.1) is 0 Å². The number of carbonyl (C=O) groups excluding carboxylic acids is 1. The normalized spacial score (nSPS) is 23.1. The fourth-order valence-corrected chi connectivity index (χ4v) is 3.53. The summed E-state index contributed by atoms with van der Waals surface area (Å²) < 4.78 is 0. The molecular weight excluding hydrogens is 272 g/mol. The van der Waals surface area contributed by atoms with Crippen molar-refractivity contribution in [3.05, 3.63) is 4.88 Å². The molecule has 0 bridgehead atoms. The van der Waals surface area contributed by atoms with Gasteiger partial charge in [-0.05, 0) is 39.5 Å². The number of likely N-dealkylation sites (tertiary alicyclic amines) is 1. The Morgan fingerprint density at radius 1 is 1.50 bits per heavy atom. The minimum Gasteiger partial charge on any atom is -0.382 e. The first-order valence-corrected chi connectivity index (χ1v) is 8.05. The number of nitrogen functional groups attached to an aromatic ring is 1. The van der Waals surface area contributed by atoms with E-state index in [4.69, 9.17) is 5.73 Å². The monoisotopic (exact) mass is 296 g/mol. The van der Waals surface area contributed by atoms with E-state index in [1.807, 2.05) is 18.7 Å². The Morgan fingerprint density at radius 3 is 2.85 bits per heavy atom. The van der Waals surface area contributed by atoms with E-state index in [1.54, 1.807) is 0 Å². The van der Waals surface area contributed by atoms with Gasteiger partial charge in [0.15, 0.2) is 5.13 Å². The zero-order chi connectivity index (χ0) is 14.9. The number of nitrogens with two attached hydrogens (primary N) is 1. The van der Waals surface area contributed by atoms with Gasteiger partial charge in [-0.2, -0.15) is 0 Å². The lowest BCUT2D eigenvalue weighted by molar-refractivity contribution is 0.0557. The molecule has 5 nitrogen and oxygen atoms in total. The lowest BCUT2D eigenvalue weighted by Crippen LogP contribution is -2.45. The maximum Gasteiger partial charge on any atom is 0.268 e. The molecular formula is C14H24N4OS. The number of anilines is 2. The molecule has 0 spiro atoms. The predicted molar refractivity (Wildman–Crippen MR) is 84.2 cm³/mol. The summed E-state index contributed by atoms with van der Waals surface area (Å²) in [4.78, 5) is 19.4. The van der Waals surface area contributed by atoms with Crippen molar-refractivity contribution in [2.45, 2.75) is 52.6 Å². The number of thiazole rings is 1. The van der Waals surface area contributed by atoms with E-state index >= 15 is 0 Å². The fraction of sp³-hybridized carbons (Fsp3) is 0.714. The minimum absolute atomic E-state index is 0.0239. The summed E-state index contributed by atoms with van der Waals surface area (Å²) >= 11 is 1.35. The standard InChI is InChI=1S/C14H24N4OS/c1-8(2)16-14-17-12(15)11(20-14)13(19)18-7-5-6-9(3)10(18)4/h8-10H,5-7,15H2,1-4H3,(H,16,17). The second kappa shape index (κ2) is 5.99. The van der Waals surface area contributed by atoms with Crippen LogP contribution in [0.4, 0.5) is 10.9 Å². The van der Waals surface area contributed by atoms with E-state index < -0.39 is 0 Å². The van der Waals surface area contributed by atoms with E-state index in [0.29, 0.717) is 16.6 Å². The van der Waals surface area contributed by atoms with Crippen LogP contribution in [0.3, 0.4) is 0 Å². The second-order valence-electron chi connectivity index (χ2n) is 5.89. The van der Waals surface area contributed by atoms with Gasteiger partial charge < -0.3 is 16.0 Å². The Hall–Kier alpha value is -1.30. The van der Waals surface area contributed by atoms with Crippen LogP contribution in [0.2, 0.25) is 0 Å². The van der Waals surface area contributed by atoms with Crippen molar-refractivity contribution in [2.75, 3.05) is 17.6 Å². The second-order valence-corrected chi connectivity index (χ2v) is 6.89. The summed E-state index contributed by atoms with van der Waals surface area (Å²) in [5.74, 6) is 0.902. The molecule has 0 saturated carbocycles. The topological polar surface area (TPSA) is 71.2 Å². The number of amides is 1. The molecule has 2 heterocycles. The van der Waals surface area contributed by atoms with Crippen molar-refractivity contribution in [1.82, 2.24) is 9.88 Å². The molecule has 1 aliphatic heterocycles. The third kappa shape index (κ3) is 3.06. The van der Waals surface area contributed by atoms with Gasteiger partial charge in [0.05, 0.1) is 0 Å². The van der Waals surface area contributed by atoms with E-state index in [-0.39, 0.29) is 18.0 Å². The largest absolute Gasteiger partial charge is 0.382 e. The average Bonchev–Trinajstić information content (AvgIpc) is 2.72. The Morgan fingerprint density at radius 2 is 2.20 bits per heavy atom. The van der Waals surface area contributed by atoms with Crippen LogP contribution in [-0.2, 0) is 0 Å². The molecule has 1 aromatic heterocycles. The first-order valence-electron chi connectivity index (χ1n) is 7.24. The summed E-state index contributed by atoms with van der Waals surface area (Å²) in [5.41, 5.74) is 5.92. The quantitative estimate of drug-likeness (QED) is 0.899. The first-order chi connectivity index (χ1) is 9.40. The minimum atomic E-state index is 0.0239. The predicted octanol–water partition coefficient (Wildman–Crippen LogP) is 2.81. The van der Waals surface area contributed by atoms with Crippen molar-refractivity contribution in [2.24, 2.45) is 5.92 Å². The van der Waals surface area contributed by atoms with Gasteiger partial charge in [-0.3, -0.25) is 4.79 Å². The number of carbonyl (C=O) groups is 1. The van der Waals surface area contributed by atoms with Crippen LogP contribution in [0.25, 0.3) is 0 Å². The van der Waals surface area contributed by atoms with Gasteiger partial charge in [0.25, 0.3) is 5.91 Å². The molecule has 1 fully saturated rings. The average molecular weight is 296 g/mol. The smallest absolute Gasteiger partial charge is 0.268 e. The number of nitrogens with one attached hydrogen (secondary N) is 1. The van der Waals surface area contributed by atoms with Crippen LogP contribution in [0.15, 0.2) is 0 Å². The maximum absolute atomic E-state index is 12.7. The molecule has 2 atom stereocenters. The third-order valence-electron chi connectivity index (χ3n) is 3.89. The van der Waals surface area contributed by atoms with Crippen LogP contribution in [0.5, 0.6) is 0 Å².